The SMILES string of the molecule is O=[N+]([O-])c1ccccc1S(=O)(=O)N1C[C@H](O[C@@H]2CCCCO2)[C@@H]1CC1CCCCC1. The van der Waals surface area contributed by atoms with Crippen LogP contribution < -0.4 is 0 Å². The van der Waals surface area contributed by atoms with Crippen LogP contribution in [-0.4, -0.2) is 49.2 Å². The van der Waals surface area contributed by atoms with Gasteiger partial charge >= 0.3 is 0 Å². The van der Waals surface area contributed by atoms with Crippen molar-refractivity contribution in [2.75, 3.05) is 13.2 Å². The molecule has 0 radical (unpaired) electrons. The molecule has 30 heavy (non-hydrogen) atoms. The summed E-state index contributed by atoms with van der Waals surface area (Å²) in [6.45, 7) is 0.883. The lowest BCUT2D eigenvalue weighted by Gasteiger charge is -2.49. The van der Waals surface area contributed by atoms with Crippen molar-refractivity contribution in [3.8, 4) is 0 Å². The van der Waals surface area contributed by atoms with E-state index in [-0.39, 0.29) is 35.6 Å². The number of nitro groups is 1. The van der Waals surface area contributed by atoms with Crippen molar-refractivity contribution < 1.29 is 22.8 Å². The van der Waals surface area contributed by atoms with Crippen LogP contribution in [0.3, 0.4) is 0 Å². The third-order valence-corrected chi connectivity index (χ3v) is 8.51. The molecular weight excluding hydrogens is 408 g/mol. The van der Waals surface area contributed by atoms with E-state index >= 15 is 0 Å². The van der Waals surface area contributed by atoms with Crippen molar-refractivity contribution in [1.82, 2.24) is 4.31 Å². The smallest absolute Gasteiger partial charge is 0.289 e. The maximum atomic E-state index is 13.4. The lowest BCUT2D eigenvalue weighted by molar-refractivity contribution is -0.387. The summed E-state index contributed by atoms with van der Waals surface area (Å²) in [7, 11) is -3.98. The third kappa shape index (κ3) is 4.54. The lowest BCUT2D eigenvalue weighted by Crippen LogP contribution is -2.64. The molecular formula is C21H30N2O6S. The number of hydrogen-bond acceptors (Lipinski definition) is 6. The summed E-state index contributed by atoms with van der Waals surface area (Å²) in [5, 5.41) is 11.4. The molecule has 1 saturated carbocycles. The van der Waals surface area contributed by atoms with Gasteiger partial charge in [-0.25, -0.2) is 8.42 Å². The first-order chi connectivity index (χ1) is 14.5. The predicted molar refractivity (Wildman–Crippen MR) is 110 cm³/mol. The van der Waals surface area contributed by atoms with Crippen LogP contribution >= 0.6 is 0 Å². The maximum Gasteiger partial charge on any atom is 0.289 e. The summed E-state index contributed by atoms with van der Waals surface area (Å²) < 4.78 is 40.0. The van der Waals surface area contributed by atoms with Gasteiger partial charge < -0.3 is 9.47 Å². The van der Waals surface area contributed by atoms with E-state index in [0.717, 1.165) is 38.5 Å². The quantitative estimate of drug-likeness (QED) is 0.474. The average molecular weight is 439 g/mol. The molecule has 3 atom stereocenters. The number of nitro benzene ring substituents is 1. The normalized spacial score (nSPS) is 28.7. The molecule has 2 heterocycles. The Hall–Kier alpha value is -1.55. The number of ether oxygens (including phenoxy) is 2. The number of sulfonamides is 1. The van der Waals surface area contributed by atoms with Crippen LogP contribution in [0.2, 0.25) is 0 Å². The Kier molecular flexibility index (Phi) is 6.72. The van der Waals surface area contributed by atoms with Crippen LogP contribution in [0.5, 0.6) is 0 Å². The van der Waals surface area contributed by atoms with Crippen molar-refractivity contribution in [2.45, 2.75) is 81.1 Å². The Bertz CT molecular complexity index is 849. The number of benzene rings is 1. The van der Waals surface area contributed by atoms with Crippen molar-refractivity contribution in [3.05, 3.63) is 34.4 Å². The third-order valence-electron chi connectivity index (χ3n) is 6.57. The van der Waals surface area contributed by atoms with E-state index in [1.807, 2.05) is 0 Å². The van der Waals surface area contributed by atoms with Gasteiger partial charge in [0.1, 0.15) is 0 Å². The topological polar surface area (TPSA) is 99.0 Å². The number of para-hydroxylation sites is 1. The first-order valence-electron chi connectivity index (χ1n) is 11.0. The van der Waals surface area contributed by atoms with E-state index in [2.05, 4.69) is 0 Å². The van der Waals surface area contributed by atoms with Gasteiger partial charge in [0.25, 0.3) is 5.69 Å². The molecule has 2 saturated heterocycles. The first-order valence-corrected chi connectivity index (χ1v) is 12.4. The Morgan fingerprint density at radius 3 is 2.53 bits per heavy atom. The number of nitrogens with zero attached hydrogens (tertiary/aromatic N) is 2. The van der Waals surface area contributed by atoms with Crippen molar-refractivity contribution in [2.24, 2.45) is 5.92 Å². The van der Waals surface area contributed by atoms with E-state index in [1.165, 1.54) is 47.8 Å². The summed E-state index contributed by atoms with van der Waals surface area (Å²) in [6.07, 6.45) is 8.89. The molecule has 3 aliphatic rings. The summed E-state index contributed by atoms with van der Waals surface area (Å²) in [5.41, 5.74) is -0.381. The summed E-state index contributed by atoms with van der Waals surface area (Å²) in [5.74, 6) is 0.464. The molecule has 1 aromatic carbocycles. The molecule has 9 heteroatoms. The van der Waals surface area contributed by atoms with Crippen LogP contribution in [0, 0.1) is 16.0 Å². The Balaban J connectivity index is 1.55. The second-order valence-electron chi connectivity index (χ2n) is 8.58. The second-order valence-corrected chi connectivity index (χ2v) is 10.4. The van der Waals surface area contributed by atoms with Crippen molar-refractivity contribution >= 4 is 15.7 Å². The predicted octanol–water partition coefficient (Wildman–Crippen LogP) is 3.85. The fourth-order valence-electron chi connectivity index (χ4n) is 4.89. The molecule has 166 valence electrons. The first kappa shape index (κ1) is 21.7. The minimum Gasteiger partial charge on any atom is -0.353 e. The molecule has 1 aliphatic carbocycles. The van der Waals surface area contributed by atoms with Crippen molar-refractivity contribution in [1.29, 1.82) is 0 Å². The van der Waals surface area contributed by atoms with Crippen LogP contribution in [0.25, 0.3) is 0 Å². The van der Waals surface area contributed by atoms with Gasteiger partial charge in [-0.15, -0.1) is 0 Å². The van der Waals surface area contributed by atoms with E-state index in [4.69, 9.17) is 9.47 Å². The highest BCUT2D eigenvalue weighted by Crippen LogP contribution is 2.39. The fraction of sp³-hybridized carbons (Fsp3) is 0.714. The molecule has 2 aliphatic heterocycles. The van der Waals surface area contributed by atoms with E-state index in [1.54, 1.807) is 0 Å². The van der Waals surface area contributed by atoms with Crippen molar-refractivity contribution in [3.63, 3.8) is 0 Å². The lowest BCUT2D eigenvalue weighted by atomic mass is 9.82. The Morgan fingerprint density at radius 1 is 1.10 bits per heavy atom. The monoisotopic (exact) mass is 438 g/mol. The molecule has 0 spiro atoms. The highest BCUT2D eigenvalue weighted by atomic mass is 32.2. The summed E-state index contributed by atoms with van der Waals surface area (Å²) in [4.78, 5) is 10.5. The Morgan fingerprint density at radius 2 is 1.83 bits per heavy atom. The van der Waals surface area contributed by atoms with E-state index < -0.39 is 14.9 Å². The molecule has 0 unspecified atom stereocenters. The highest BCUT2D eigenvalue weighted by Gasteiger charge is 2.50. The molecule has 1 aromatic rings. The molecule has 8 nitrogen and oxygen atoms in total. The van der Waals surface area contributed by atoms with Crippen LogP contribution in [0.4, 0.5) is 5.69 Å². The standard InChI is InChI=1S/C21H30N2O6S/c24-23(25)17-10-4-5-11-20(17)30(26,27)22-15-19(29-21-12-6-7-13-28-21)18(22)14-16-8-2-1-3-9-16/h4-5,10-11,16,18-19,21H,1-3,6-9,12-15H2/t18-,19-,21+/m0/s1. The van der Waals surface area contributed by atoms with Gasteiger partial charge in [0.2, 0.25) is 10.0 Å². The second kappa shape index (κ2) is 9.30. The minimum atomic E-state index is -3.98. The number of hydrogen-bond donors (Lipinski definition) is 0. The molecule has 0 bridgehead atoms. The van der Waals surface area contributed by atoms with Gasteiger partial charge in [-0.05, 0) is 37.7 Å². The largest absolute Gasteiger partial charge is 0.353 e. The zero-order chi connectivity index (χ0) is 21.1. The zero-order valence-corrected chi connectivity index (χ0v) is 18.0. The maximum absolute atomic E-state index is 13.4. The van der Waals surface area contributed by atoms with Gasteiger partial charge in [0.05, 0.1) is 17.1 Å². The Labute approximate surface area is 177 Å². The molecule has 0 aromatic heterocycles. The van der Waals surface area contributed by atoms with Gasteiger partial charge in [-0.2, -0.15) is 4.31 Å². The van der Waals surface area contributed by atoms with Gasteiger partial charge in [-0.1, -0.05) is 44.2 Å². The van der Waals surface area contributed by atoms with Gasteiger partial charge in [0.15, 0.2) is 11.2 Å². The molecule has 0 N–H and O–H groups in total. The van der Waals surface area contributed by atoms with Crippen LogP contribution in [-0.2, 0) is 19.5 Å². The zero-order valence-electron chi connectivity index (χ0n) is 17.1. The average Bonchev–Trinajstić information content (AvgIpc) is 2.76. The molecule has 3 fully saturated rings. The fourth-order valence-corrected chi connectivity index (χ4v) is 6.72. The van der Waals surface area contributed by atoms with Gasteiger partial charge in [0, 0.05) is 19.2 Å². The molecule has 0 amide bonds. The van der Waals surface area contributed by atoms with Crippen LogP contribution in [0.1, 0.15) is 57.8 Å². The van der Waals surface area contributed by atoms with E-state index in [9.17, 15) is 18.5 Å². The minimum absolute atomic E-state index is 0.214. The summed E-state index contributed by atoms with van der Waals surface area (Å²) >= 11 is 0. The van der Waals surface area contributed by atoms with E-state index in [0.29, 0.717) is 12.5 Å². The summed E-state index contributed by atoms with van der Waals surface area (Å²) in [6, 6.07) is 5.28. The number of rotatable bonds is 7. The van der Waals surface area contributed by atoms with Crippen LogP contribution in [0.15, 0.2) is 29.2 Å². The van der Waals surface area contributed by atoms with Gasteiger partial charge in [-0.3, -0.25) is 10.1 Å². The highest BCUT2D eigenvalue weighted by molar-refractivity contribution is 7.89. The molecule has 4 rings (SSSR count).